The van der Waals surface area contributed by atoms with Gasteiger partial charge >= 0.3 is 0 Å². The van der Waals surface area contributed by atoms with Crippen LogP contribution < -0.4 is 60.2 Å². The molecule has 0 spiro atoms. The van der Waals surface area contributed by atoms with Crippen LogP contribution in [-0.4, -0.2) is 139 Å². The van der Waals surface area contributed by atoms with Crippen LogP contribution in [0.2, 0.25) is 0 Å². The molecule has 1 aliphatic carbocycles. The lowest BCUT2D eigenvalue weighted by Gasteiger charge is -2.29. The smallest absolute Gasteiger partial charge is 0.246 e. The number of carbonyl (C=O) groups is 10. The van der Waals surface area contributed by atoms with Crippen LogP contribution in [-0.2, 0) is 54.4 Å². The third-order valence-corrected chi connectivity index (χ3v) is 11.0. The van der Waals surface area contributed by atoms with E-state index in [1.54, 1.807) is 26.0 Å². The Labute approximate surface area is 378 Å². The van der Waals surface area contributed by atoms with E-state index in [0.717, 1.165) is 37.0 Å². The largest absolute Gasteiger partial charge is 0.508 e. The number of nitrogens with zero attached hydrogens (tertiary/aromatic N) is 1. The van der Waals surface area contributed by atoms with Gasteiger partial charge in [-0.25, -0.2) is 0 Å². The number of likely N-dealkylation sites (N-methyl/N-ethyl adjacent to an activating group) is 2. The molecule has 0 radical (unpaired) electrons. The molecule has 1 aromatic rings. The Morgan fingerprint density at radius 2 is 1.34 bits per heavy atom. The first-order valence-electron chi connectivity index (χ1n) is 21.7. The molecule has 7 atom stereocenters. The topological polar surface area (TPSA) is 382 Å². The van der Waals surface area contributed by atoms with E-state index in [2.05, 4.69) is 37.2 Å². The molecule has 0 aliphatic heterocycles. The minimum atomic E-state index is -1.71. The Morgan fingerprint density at radius 3 is 1.91 bits per heavy atom. The highest BCUT2D eigenvalue weighted by Gasteiger charge is 2.35. The number of primary amides is 3. The van der Waals surface area contributed by atoms with Crippen molar-refractivity contribution in [1.82, 2.24) is 42.1 Å². The van der Waals surface area contributed by atoms with Gasteiger partial charge in [0.1, 0.15) is 36.0 Å². The number of hydrogen-bond donors (Lipinski definition) is 12. The Bertz CT molecular complexity index is 1830. The van der Waals surface area contributed by atoms with Gasteiger partial charge in [-0.3, -0.25) is 47.9 Å². The molecule has 0 unspecified atom stereocenters. The summed E-state index contributed by atoms with van der Waals surface area (Å²) in [5.41, 5.74) is 22.8. The Morgan fingerprint density at radius 1 is 0.738 bits per heavy atom. The fourth-order valence-corrected chi connectivity index (χ4v) is 7.20. The first-order chi connectivity index (χ1) is 30.6. The van der Waals surface area contributed by atoms with Crippen LogP contribution in [0.1, 0.15) is 83.6 Å². The number of benzene rings is 1. The standard InChI is InChI=1S/C42H68N12O11/c1-5-23(2)36(53-37(60)27(43)17-25-11-13-26(55)14-12-25)41(64)50-28(15-16-32(44)56)39(62)51-30(19-33(45)57)40(63)52-31(20-47-3)42(65)54(4)22-35(59)49-29(38(61)48-21-34(46)58)18-24-9-7-6-8-10-24/h11-14,23-24,27-31,36,47,55H,5-10,15-22,43H2,1-4H3,(H2,44,56)(H2,45,57)(H2,46,58)(H,48,61)(H,49,59)(H,50,64)(H,51,62)(H,52,63)(H,53,60)/t23-,27-,28-,29-,30-,31-,36-/m0/s1. The van der Waals surface area contributed by atoms with Crippen molar-refractivity contribution in [3.05, 3.63) is 29.8 Å². The number of carbonyl (C=O) groups excluding carboxylic acids is 10. The summed E-state index contributed by atoms with van der Waals surface area (Å²) in [7, 11) is 2.76. The van der Waals surface area contributed by atoms with Crippen molar-refractivity contribution in [3.63, 3.8) is 0 Å². The van der Waals surface area contributed by atoms with Gasteiger partial charge in [0.2, 0.25) is 59.1 Å². The van der Waals surface area contributed by atoms with Crippen molar-refractivity contribution in [2.24, 2.45) is 34.8 Å². The van der Waals surface area contributed by atoms with Gasteiger partial charge in [0.05, 0.1) is 25.6 Å². The SMILES string of the molecule is CC[C@H](C)[C@H](NC(=O)[C@@H](N)Cc1ccc(O)cc1)C(=O)N[C@@H](CCC(N)=O)C(=O)N[C@@H](CC(N)=O)C(=O)N[C@@H](CNC)C(=O)N(C)CC(=O)N[C@@H](CC1CCCCC1)C(=O)NCC(N)=O. The number of aromatic hydroxyl groups is 1. The van der Waals surface area contributed by atoms with Crippen LogP contribution in [0.15, 0.2) is 24.3 Å². The second-order valence-electron chi connectivity index (χ2n) is 16.5. The van der Waals surface area contributed by atoms with Crippen molar-refractivity contribution in [1.29, 1.82) is 0 Å². The third kappa shape index (κ3) is 19.9. The van der Waals surface area contributed by atoms with Gasteiger partial charge in [0.25, 0.3) is 0 Å². The van der Waals surface area contributed by atoms with Gasteiger partial charge < -0.3 is 70.2 Å². The molecule has 1 fully saturated rings. The maximum atomic E-state index is 13.8. The van der Waals surface area contributed by atoms with Crippen molar-refractivity contribution in [2.75, 3.05) is 33.7 Å². The van der Waals surface area contributed by atoms with Crippen LogP contribution in [0.25, 0.3) is 0 Å². The summed E-state index contributed by atoms with van der Waals surface area (Å²) in [4.78, 5) is 131. The normalized spacial score (nSPS) is 15.8. The fourth-order valence-electron chi connectivity index (χ4n) is 7.20. The van der Waals surface area contributed by atoms with Crippen molar-refractivity contribution >= 4 is 59.1 Å². The molecule has 16 N–H and O–H groups in total. The van der Waals surface area contributed by atoms with Gasteiger partial charge in [-0.05, 0) is 55.8 Å². The van der Waals surface area contributed by atoms with Crippen molar-refractivity contribution in [3.8, 4) is 5.75 Å². The highest BCUT2D eigenvalue weighted by molar-refractivity contribution is 5.98. The molecule has 0 bridgehead atoms. The first kappa shape index (κ1) is 54.8. The molecule has 1 aromatic carbocycles. The van der Waals surface area contributed by atoms with E-state index in [9.17, 15) is 53.1 Å². The zero-order valence-corrected chi connectivity index (χ0v) is 37.6. The summed E-state index contributed by atoms with van der Waals surface area (Å²) in [6.07, 6.45) is 3.97. The summed E-state index contributed by atoms with van der Waals surface area (Å²) in [6.45, 7) is 2.27. The van der Waals surface area contributed by atoms with Gasteiger partial charge in [-0.15, -0.1) is 0 Å². The molecule has 10 amide bonds. The third-order valence-electron chi connectivity index (χ3n) is 11.0. The molecule has 0 heterocycles. The van der Waals surface area contributed by atoms with E-state index in [4.69, 9.17) is 22.9 Å². The van der Waals surface area contributed by atoms with E-state index in [0.29, 0.717) is 18.4 Å². The molecule has 2 rings (SSSR count). The number of amides is 10. The monoisotopic (exact) mass is 917 g/mol. The van der Waals surface area contributed by atoms with Crippen LogP contribution in [0.4, 0.5) is 0 Å². The lowest BCUT2D eigenvalue weighted by Crippen LogP contribution is -2.61. The lowest BCUT2D eigenvalue weighted by atomic mass is 9.84. The molecule has 65 heavy (non-hydrogen) atoms. The van der Waals surface area contributed by atoms with Gasteiger partial charge in [-0.2, -0.15) is 0 Å². The molecule has 0 aromatic heterocycles. The number of phenolic OH excluding ortho intramolecular Hbond substituents is 1. The van der Waals surface area contributed by atoms with E-state index in [1.165, 1.54) is 26.2 Å². The molecular formula is C42H68N12O11. The number of hydrogen-bond acceptors (Lipinski definition) is 13. The van der Waals surface area contributed by atoms with Crippen LogP contribution >= 0.6 is 0 Å². The average Bonchev–Trinajstić information content (AvgIpc) is 3.25. The zero-order valence-electron chi connectivity index (χ0n) is 37.6. The van der Waals surface area contributed by atoms with Gasteiger partial charge in [-0.1, -0.05) is 64.5 Å². The minimum absolute atomic E-state index is 0.0241. The quantitative estimate of drug-likeness (QED) is 0.0383. The number of nitrogens with one attached hydrogen (secondary N) is 7. The molecule has 23 heteroatoms. The van der Waals surface area contributed by atoms with Crippen LogP contribution in [0.3, 0.4) is 0 Å². The summed E-state index contributed by atoms with van der Waals surface area (Å²) in [5, 5.41) is 27.3. The summed E-state index contributed by atoms with van der Waals surface area (Å²) in [6, 6.07) is -1.92. The van der Waals surface area contributed by atoms with Crippen molar-refractivity contribution < 1.29 is 53.1 Å². The average molecular weight is 917 g/mol. The summed E-state index contributed by atoms with van der Waals surface area (Å²) >= 11 is 0. The molecule has 1 saturated carbocycles. The van der Waals surface area contributed by atoms with Gasteiger partial charge in [0.15, 0.2) is 0 Å². The van der Waals surface area contributed by atoms with Crippen LogP contribution in [0.5, 0.6) is 5.75 Å². The Balaban J connectivity index is 2.23. The molecule has 23 nitrogen and oxygen atoms in total. The zero-order chi connectivity index (χ0) is 48.8. The highest BCUT2D eigenvalue weighted by Crippen LogP contribution is 2.27. The van der Waals surface area contributed by atoms with E-state index < -0.39 is 127 Å². The summed E-state index contributed by atoms with van der Waals surface area (Å²) < 4.78 is 0. The highest BCUT2D eigenvalue weighted by atomic mass is 16.3. The maximum absolute atomic E-state index is 13.8. The van der Waals surface area contributed by atoms with E-state index in [1.807, 2.05) is 0 Å². The van der Waals surface area contributed by atoms with Crippen LogP contribution in [0, 0.1) is 11.8 Å². The second kappa shape index (κ2) is 27.7. The predicted octanol–water partition coefficient (Wildman–Crippen LogP) is -3.88. The molecular weight excluding hydrogens is 849 g/mol. The number of nitrogens with two attached hydrogens (primary N) is 4. The van der Waals surface area contributed by atoms with E-state index in [-0.39, 0.29) is 31.1 Å². The number of rotatable bonds is 28. The maximum Gasteiger partial charge on any atom is 0.246 e. The lowest BCUT2D eigenvalue weighted by molar-refractivity contribution is -0.140. The first-order valence-corrected chi connectivity index (χ1v) is 21.7. The fraction of sp³-hybridized carbons (Fsp3) is 0.619. The molecule has 362 valence electrons. The predicted molar refractivity (Wildman–Crippen MR) is 236 cm³/mol. The Kier molecular flexibility index (Phi) is 23.4. The van der Waals surface area contributed by atoms with E-state index >= 15 is 0 Å². The van der Waals surface area contributed by atoms with Gasteiger partial charge in [0, 0.05) is 20.0 Å². The summed E-state index contributed by atoms with van der Waals surface area (Å²) in [5.74, 6) is -8.63. The number of phenols is 1. The molecule has 0 saturated heterocycles. The minimum Gasteiger partial charge on any atom is -0.508 e. The Hall–Kier alpha value is -6.36. The second-order valence-corrected chi connectivity index (χ2v) is 16.5. The van der Waals surface area contributed by atoms with Crippen molar-refractivity contribution in [2.45, 2.75) is 121 Å². The molecule has 1 aliphatic rings.